The summed E-state index contributed by atoms with van der Waals surface area (Å²) in [6.45, 7) is 10.3. The first-order valence-corrected chi connectivity index (χ1v) is 5.47. The summed E-state index contributed by atoms with van der Waals surface area (Å²) in [4.78, 5) is 5.43. The Morgan fingerprint density at radius 1 is 1.40 bits per heavy atom. The highest BCUT2D eigenvalue weighted by molar-refractivity contribution is 7.06. The van der Waals surface area contributed by atoms with Crippen molar-refractivity contribution >= 4 is 28.9 Å². The van der Waals surface area contributed by atoms with Crippen LogP contribution in [0.1, 0.15) is 31.3 Å². The molecule has 1 aliphatic heterocycles. The van der Waals surface area contributed by atoms with E-state index in [4.69, 9.17) is 5.73 Å². The van der Waals surface area contributed by atoms with Crippen molar-refractivity contribution in [2.24, 2.45) is 10.7 Å². The summed E-state index contributed by atoms with van der Waals surface area (Å²) in [6.07, 6.45) is 0. The second-order valence-electron chi connectivity index (χ2n) is 4.56. The number of nitrogens with two attached hydrogens (primary N) is 1. The summed E-state index contributed by atoms with van der Waals surface area (Å²) in [5, 5.41) is 2.88. The highest BCUT2D eigenvalue weighted by Crippen LogP contribution is 2.40. The summed E-state index contributed by atoms with van der Waals surface area (Å²) in [5.74, 6) is 0.387. The van der Waals surface area contributed by atoms with Gasteiger partial charge in [0, 0.05) is 5.41 Å². The molecular weight excluding hydrogens is 208 g/mol. The summed E-state index contributed by atoms with van der Waals surface area (Å²) >= 11 is 1.46. The third-order valence-electron chi connectivity index (χ3n) is 2.15. The lowest BCUT2D eigenvalue weighted by Crippen LogP contribution is -2.32. The fraction of sp³-hybridized carbons (Fsp3) is 0.400. The molecular formula is C10H14N4S. The minimum Gasteiger partial charge on any atom is -0.369 e. The highest BCUT2D eigenvalue weighted by Gasteiger charge is 2.27. The third-order valence-corrected chi connectivity index (χ3v) is 3.41. The van der Waals surface area contributed by atoms with E-state index in [1.807, 2.05) is 0 Å². The molecule has 2 rings (SSSR count). The van der Waals surface area contributed by atoms with Gasteiger partial charge in [-0.05, 0) is 11.5 Å². The Kier molecular flexibility index (Phi) is 2.08. The fourth-order valence-electron chi connectivity index (χ4n) is 1.44. The van der Waals surface area contributed by atoms with Gasteiger partial charge in [-0.15, -0.1) is 0 Å². The first-order valence-electron chi connectivity index (χ1n) is 4.70. The number of nitrogens with zero attached hydrogens (tertiary/aromatic N) is 2. The third kappa shape index (κ3) is 1.63. The maximum Gasteiger partial charge on any atom is 0.198 e. The Labute approximate surface area is 93.1 Å². The van der Waals surface area contributed by atoms with E-state index in [2.05, 4.69) is 42.0 Å². The van der Waals surface area contributed by atoms with Gasteiger partial charge in [-0.2, -0.15) is 4.37 Å². The largest absolute Gasteiger partial charge is 0.369 e. The van der Waals surface area contributed by atoms with Crippen LogP contribution in [-0.4, -0.2) is 10.3 Å². The lowest BCUT2D eigenvalue weighted by molar-refractivity contribution is 0.604. The minimum atomic E-state index is 0.0344. The van der Waals surface area contributed by atoms with Crippen molar-refractivity contribution in [3.8, 4) is 0 Å². The SMILES string of the molecule is C=C1NC(N)=Nc2c1nsc2C(C)(C)C. The molecule has 1 aromatic rings. The average molecular weight is 222 g/mol. The Balaban J connectivity index is 2.62. The van der Waals surface area contributed by atoms with Crippen molar-refractivity contribution < 1.29 is 0 Å². The molecule has 0 aromatic carbocycles. The molecule has 15 heavy (non-hydrogen) atoms. The molecule has 5 heteroatoms. The van der Waals surface area contributed by atoms with Crippen LogP contribution in [0.5, 0.6) is 0 Å². The lowest BCUT2D eigenvalue weighted by Gasteiger charge is -2.19. The molecule has 0 atom stereocenters. The van der Waals surface area contributed by atoms with Crippen LogP contribution in [0.25, 0.3) is 5.70 Å². The number of nitrogens with one attached hydrogen (secondary N) is 1. The van der Waals surface area contributed by atoms with Gasteiger partial charge in [0.25, 0.3) is 0 Å². The standard InChI is InChI=1S/C10H14N4S/c1-5-6-7(13-9(11)12-5)8(15-14-6)10(2,3)4/h1H2,2-4H3,(H3,11,12,13). The second-order valence-corrected chi connectivity index (χ2v) is 5.33. The van der Waals surface area contributed by atoms with Crippen LogP contribution in [0, 0.1) is 0 Å². The molecule has 4 nitrogen and oxygen atoms in total. The normalized spacial score (nSPS) is 15.7. The molecule has 0 amide bonds. The first kappa shape index (κ1) is 10.2. The van der Waals surface area contributed by atoms with E-state index >= 15 is 0 Å². The van der Waals surface area contributed by atoms with E-state index in [0.29, 0.717) is 5.96 Å². The van der Waals surface area contributed by atoms with Crippen LogP contribution in [0.4, 0.5) is 5.69 Å². The monoisotopic (exact) mass is 222 g/mol. The van der Waals surface area contributed by atoms with E-state index in [9.17, 15) is 0 Å². The summed E-state index contributed by atoms with van der Waals surface area (Å²) in [6, 6.07) is 0. The molecule has 1 aliphatic rings. The Bertz CT molecular complexity index is 450. The molecule has 0 fully saturated rings. The van der Waals surface area contributed by atoms with Crippen LogP contribution < -0.4 is 11.1 Å². The van der Waals surface area contributed by atoms with E-state index in [0.717, 1.165) is 22.0 Å². The molecule has 0 aliphatic carbocycles. The topological polar surface area (TPSA) is 63.3 Å². The van der Waals surface area contributed by atoms with Crippen LogP contribution in [0.15, 0.2) is 11.6 Å². The average Bonchev–Trinajstić information content (AvgIpc) is 2.45. The van der Waals surface area contributed by atoms with Crippen molar-refractivity contribution in [1.29, 1.82) is 0 Å². The zero-order valence-electron chi connectivity index (χ0n) is 9.09. The Morgan fingerprint density at radius 3 is 2.67 bits per heavy atom. The van der Waals surface area contributed by atoms with E-state index < -0.39 is 0 Å². The molecule has 80 valence electrons. The molecule has 0 unspecified atom stereocenters. The van der Waals surface area contributed by atoms with Crippen molar-refractivity contribution in [2.45, 2.75) is 26.2 Å². The number of hydrogen-bond acceptors (Lipinski definition) is 5. The van der Waals surface area contributed by atoms with Crippen LogP contribution in [0.3, 0.4) is 0 Å². The van der Waals surface area contributed by atoms with Gasteiger partial charge in [0.1, 0.15) is 11.4 Å². The zero-order chi connectivity index (χ0) is 11.2. The molecule has 0 saturated heterocycles. The molecule has 0 saturated carbocycles. The zero-order valence-corrected chi connectivity index (χ0v) is 9.90. The fourth-order valence-corrected chi connectivity index (χ4v) is 2.32. The summed E-state index contributed by atoms with van der Waals surface area (Å²) in [7, 11) is 0. The van der Waals surface area contributed by atoms with Crippen LogP contribution in [-0.2, 0) is 5.41 Å². The Morgan fingerprint density at radius 2 is 2.07 bits per heavy atom. The summed E-state index contributed by atoms with van der Waals surface area (Å²) in [5.41, 5.74) is 8.11. The second kappa shape index (κ2) is 3.06. The molecule has 1 aromatic heterocycles. The van der Waals surface area contributed by atoms with Gasteiger partial charge < -0.3 is 11.1 Å². The molecule has 0 spiro atoms. The van der Waals surface area contributed by atoms with Crippen LogP contribution >= 0.6 is 11.5 Å². The molecule has 0 radical (unpaired) electrons. The molecule has 3 N–H and O–H groups in total. The quantitative estimate of drug-likeness (QED) is 0.705. The molecule has 0 bridgehead atoms. The van der Waals surface area contributed by atoms with E-state index in [1.54, 1.807) is 0 Å². The number of hydrogen-bond donors (Lipinski definition) is 2. The molecule has 2 heterocycles. The van der Waals surface area contributed by atoms with Gasteiger partial charge in [0.05, 0.1) is 10.6 Å². The van der Waals surface area contributed by atoms with Crippen LogP contribution in [0.2, 0.25) is 0 Å². The predicted octanol–water partition coefficient (Wildman–Crippen LogP) is 1.96. The van der Waals surface area contributed by atoms with Gasteiger partial charge in [-0.1, -0.05) is 27.4 Å². The maximum atomic E-state index is 5.67. The van der Waals surface area contributed by atoms with Gasteiger partial charge in [0.2, 0.25) is 0 Å². The first-order chi connectivity index (χ1) is 6.89. The van der Waals surface area contributed by atoms with E-state index in [1.165, 1.54) is 11.5 Å². The van der Waals surface area contributed by atoms with Gasteiger partial charge in [-0.25, -0.2) is 4.99 Å². The van der Waals surface area contributed by atoms with E-state index in [-0.39, 0.29) is 5.41 Å². The van der Waals surface area contributed by atoms with Gasteiger partial charge in [-0.3, -0.25) is 0 Å². The van der Waals surface area contributed by atoms with Gasteiger partial charge in [0.15, 0.2) is 5.96 Å². The number of rotatable bonds is 0. The highest BCUT2D eigenvalue weighted by atomic mass is 32.1. The van der Waals surface area contributed by atoms with Crippen molar-refractivity contribution in [2.75, 3.05) is 0 Å². The maximum absolute atomic E-state index is 5.67. The number of guanidine groups is 1. The lowest BCUT2D eigenvalue weighted by atomic mass is 9.93. The smallest absolute Gasteiger partial charge is 0.198 e. The number of aromatic nitrogens is 1. The minimum absolute atomic E-state index is 0.0344. The predicted molar refractivity (Wildman–Crippen MR) is 64.3 cm³/mol. The Hall–Kier alpha value is -1.36. The number of fused-ring (bicyclic) bond motifs is 1. The van der Waals surface area contributed by atoms with Crippen molar-refractivity contribution in [3.63, 3.8) is 0 Å². The van der Waals surface area contributed by atoms with Gasteiger partial charge >= 0.3 is 0 Å². The van der Waals surface area contributed by atoms with Crippen molar-refractivity contribution in [1.82, 2.24) is 9.69 Å². The number of aliphatic imine (C=N–C) groups is 1. The van der Waals surface area contributed by atoms with Crippen molar-refractivity contribution in [3.05, 3.63) is 17.2 Å². The summed E-state index contributed by atoms with van der Waals surface area (Å²) < 4.78 is 4.36.